The third-order valence-corrected chi connectivity index (χ3v) is 3.60. The Labute approximate surface area is 137 Å². The van der Waals surface area contributed by atoms with Gasteiger partial charge in [0.15, 0.2) is 0 Å². The Bertz CT molecular complexity index is 835. The molecule has 3 heteroatoms. The number of carbonyl (C=O) groups is 1. The number of carbonyl (C=O) groups excluding carboxylic acids is 1. The lowest BCUT2D eigenvalue weighted by Gasteiger charge is -2.06. The Balaban J connectivity index is 1.80. The minimum Gasteiger partial charge on any atom is -0.423 e. The molecule has 0 radical (unpaired) electrons. The van der Waals surface area contributed by atoms with Crippen molar-refractivity contribution in [2.45, 2.75) is 0 Å². The highest BCUT2D eigenvalue weighted by atomic mass is 79.9. The van der Waals surface area contributed by atoms with E-state index >= 15 is 0 Å². The van der Waals surface area contributed by atoms with E-state index in [1.165, 1.54) is 0 Å². The van der Waals surface area contributed by atoms with E-state index in [2.05, 4.69) is 15.9 Å². The van der Waals surface area contributed by atoms with E-state index in [0.29, 0.717) is 11.3 Å². The van der Waals surface area contributed by atoms with E-state index in [4.69, 9.17) is 4.74 Å². The minimum absolute atomic E-state index is 0.357. The summed E-state index contributed by atoms with van der Waals surface area (Å²) in [5.41, 5.74) is 1.54. The van der Waals surface area contributed by atoms with Crippen molar-refractivity contribution in [3.63, 3.8) is 0 Å². The first-order chi connectivity index (χ1) is 10.8. The van der Waals surface area contributed by atoms with Crippen LogP contribution in [0, 0.1) is 0 Å². The molecule has 0 unspecified atom stereocenters. The fraction of sp³-hybridized carbons (Fsp3) is 0. The average molecular weight is 353 g/mol. The van der Waals surface area contributed by atoms with Gasteiger partial charge < -0.3 is 4.74 Å². The topological polar surface area (TPSA) is 26.3 Å². The maximum atomic E-state index is 12.2. The van der Waals surface area contributed by atoms with Crippen LogP contribution in [0.4, 0.5) is 0 Å². The van der Waals surface area contributed by atoms with Gasteiger partial charge in [0.25, 0.3) is 0 Å². The van der Waals surface area contributed by atoms with Crippen molar-refractivity contribution < 1.29 is 9.53 Å². The van der Waals surface area contributed by atoms with Gasteiger partial charge in [0.2, 0.25) is 0 Å². The summed E-state index contributed by atoms with van der Waals surface area (Å²) in [4.78, 5) is 13.9. The van der Waals surface area contributed by atoms with Crippen LogP contribution in [0.5, 0.6) is 5.75 Å². The van der Waals surface area contributed by atoms with E-state index in [9.17, 15) is 4.79 Å². The molecule has 108 valence electrons. The molecule has 0 saturated heterocycles. The van der Waals surface area contributed by atoms with Crippen molar-refractivity contribution in [1.82, 2.24) is 0 Å². The molecule has 3 aromatic carbocycles. The van der Waals surface area contributed by atoms with E-state index in [-0.39, 0.29) is 5.97 Å². The third kappa shape index (κ3) is 3.26. The van der Waals surface area contributed by atoms with Gasteiger partial charge >= 0.3 is 5.97 Å². The number of benzene rings is 3. The first-order valence-electron chi connectivity index (χ1n) is 6.84. The Morgan fingerprint density at radius 3 is 2.36 bits per heavy atom. The molecule has 0 aromatic heterocycles. The summed E-state index contributed by atoms with van der Waals surface area (Å²) in [6, 6.07) is 20.8. The molecule has 0 spiro atoms. The van der Waals surface area contributed by atoms with Gasteiger partial charge in [-0.15, -0.1) is 0 Å². The number of rotatable bonds is 3. The monoisotopic (exact) mass is 352 g/mol. The molecule has 0 heterocycles. The molecule has 0 bridgehead atoms. The van der Waals surface area contributed by atoms with Gasteiger partial charge in [-0.2, -0.15) is 0 Å². The van der Waals surface area contributed by atoms with Crippen LogP contribution in [-0.4, -0.2) is 5.97 Å². The van der Waals surface area contributed by atoms with Crippen LogP contribution in [0.2, 0.25) is 0 Å². The fourth-order valence-electron chi connectivity index (χ4n) is 2.20. The number of ether oxygens (including phenoxy) is 1. The predicted molar refractivity (Wildman–Crippen MR) is 93.3 cm³/mol. The fourth-order valence-corrected chi connectivity index (χ4v) is 2.51. The van der Waals surface area contributed by atoms with Gasteiger partial charge in [-0.1, -0.05) is 58.4 Å². The van der Waals surface area contributed by atoms with Gasteiger partial charge in [-0.05, 0) is 51.7 Å². The molecular formula is C19H13BrO2. The van der Waals surface area contributed by atoms with Gasteiger partial charge in [-0.3, -0.25) is 0 Å². The summed E-state index contributed by atoms with van der Waals surface area (Å²) >= 11 is 3.23. The maximum Gasteiger partial charge on any atom is 0.343 e. The number of esters is 1. The predicted octanol–water partition coefficient (Wildman–Crippen LogP) is 5.42. The number of halogens is 1. The minimum atomic E-state index is -0.357. The molecule has 0 amide bonds. The van der Waals surface area contributed by atoms with Crippen molar-refractivity contribution in [2.75, 3.05) is 0 Å². The van der Waals surface area contributed by atoms with Crippen molar-refractivity contribution in [3.05, 3.63) is 82.8 Å². The van der Waals surface area contributed by atoms with Crippen molar-refractivity contribution in [1.29, 1.82) is 0 Å². The van der Waals surface area contributed by atoms with Crippen LogP contribution >= 0.6 is 15.9 Å². The van der Waals surface area contributed by atoms with Crippen LogP contribution in [0.15, 0.2) is 71.7 Å². The molecule has 0 aliphatic rings. The Morgan fingerprint density at radius 1 is 0.909 bits per heavy atom. The number of fused-ring (bicyclic) bond motifs is 1. The number of hydrogen-bond donors (Lipinski definition) is 0. The van der Waals surface area contributed by atoms with Crippen molar-refractivity contribution in [3.8, 4) is 5.75 Å². The molecule has 3 aromatic rings. The molecule has 2 nitrogen and oxygen atoms in total. The van der Waals surface area contributed by atoms with E-state index < -0.39 is 0 Å². The molecule has 0 N–H and O–H groups in total. The van der Waals surface area contributed by atoms with Gasteiger partial charge in [0, 0.05) is 0 Å². The SMILES string of the molecule is O=C(Oc1ccc2ccccc2c1)c1ccc(/C=C\Br)cc1. The summed E-state index contributed by atoms with van der Waals surface area (Å²) in [5, 5.41) is 2.17. The summed E-state index contributed by atoms with van der Waals surface area (Å²) < 4.78 is 5.44. The molecule has 0 aliphatic heterocycles. The quantitative estimate of drug-likeness (QED) is 0.464. The molecule has 0 saturated carbocycles. The summed E-state index contributed by atoms with van der Waals surface area (Å²) in [6.07, 6.45) is 1.90. The van der Waals surface area contributed by atoms with Crippen molar-refractivity contribution in [2.24, 2.45) is 0 Å². The lowest BCUT2D eigenvalue weighted by Crippen LogP contribution is -2.08. The summed E-state index contributed by atoms with van der Waals surface area (Å²) in [5.74, 6) is 0.192. The largest absolute Gasteiger partial charge is 0.423 e. The lowest BCUT2D eigenvalue weighted by atomic mass is 10.1. The first-order valence-corrected chi connectivity index (χ1v) is 7.76. The van der Waals surface area contributed by atoms with Crippen molar-refractivity contribution >= 4 is 38.7 Å². The molecule has 0 aliphatic carbocycles. The molecular weight excluding hydrogens is 340 g/mol. The Morgan fingerprint density at radius 2 is 1.64 bits per heavy atom. The highest BCUT2D eigenvalue weighted by Gasteiger charge is 2.08. The second-order valence-electron chi connectivity index (χ2n) is 4.81. The third-order valence-electron chi connectivity index (χ3n) is 3.33. The number of hydrogen-bond acceptors (Lipinski definition) is 2. The smallest absolute Gasteiger partial charge is 0.343 e. The lowest BCUT2D eigenvalue weighted by molar-refractivity contribution is 0.0735. The van der Waals surface area contributed by atoms with Gasteiger partial charge in [0.05, 0.1) is 5.56 Å². The van der Waals surface area contributed by atoms with Crippen LogP contribution in [-0.2, 0) is 0 Å². The zero-order chi connectivity index (χ0) is 15.4. The Hall–Kier alpha value is -2.39. The van der Waals surface area contributed by atoms with Crippen LogP contribution in [0.1, 0.15) is 15.9 Å². The zero-order valence-corrected chi connectivity index (χ0v) is 13.3. The van der Waals surface area contributed by atoms with Crippen LogP contribution < -0.4 is 4.74 Å². The van der Waals surface area contributed by atoms with Gasteiger partial charge in [-0.25, -0.2) is 4.79 Å². The zero-order valence-electron chi connectivity index (χ0n) is 11.7. The summed E-state index contributed by atoms with van der Waals surface area (Å²) in [6.45, 7) is 0. The van der Waals surface area contributed by atoms with E-state index in [1.54, 1.807) is 17.1 Å². The first kappa shape index (κ1) is 14.5. The molecule has 22 heavy (non-hydrogen) atoms. The molecule has 3 rings (SSSR count). The Kier molecular flexibility index (Phi) is 4.35. The molecule has 0 atom stereocenters. The maximum absolute atomic E-state index is 12.2. The van der Waals surface area contributed by atoms with Gasteiger partial charge in [0.1, 0.15) is 5.75 Å². The highest BCUT2D eigenvalue weighted by Crippen LogP contribution is 2.21. The van der Waals surface area contributed by atoms with Crippen LogP contribution in [0.25, 0.3) is 16.8 Å². The summed E-state index contributed by atoms with van der Waals surface area (Å²) in [7, 11) is 0. The van der Waals surface area contributed by atoms with Crippen LogP contribution in [0.3, 0.4) is 0 Å². The second-order valence-corrected chi connectivity index (χ2v) is 5.34. The van der Waals surface area contributed by atoms with E-state index in [1.807, 2.05) is 60.7 Å². The highest BCUT2D eigenvalue weighted by molar-refractivity contribution is 9.11. The molecule has 0 fully saturated rings. The normalized spacial score (nSPS) is 11.0. The average Bonchev–Trinajstić information content (AvgIpc) is 2.56. The second kappa shape index (κ2) is 6.58. The standard InChI is InChI=1S/C19H13BrO2/c20-12-11-14-5-7-16(8-6-14)19(21)22-18-10-9-15-3-1-2-4-17(15)13-18/h1-13H/b12-11-. The van der Waals surface area contributed by atoms with E-state index in [0.717, 1.165) is 16.3 Å².